The Bertz CT molecular complexity index is 721. The van der Waals surface area contributed by atoms with Crippen molar-refractivity contribution in [3.8, 4) is 0 Å². The Kier molecular flexibility index (Phi) is 4.57. The van der Waals surface area contributed by atoms with Crippen molar-refractivity contribution in [2.75, 3.05) is 6.54 Å². The number of carbonyl (C=O) groups is 2. The molecule has 2 aromatic rings. The molecule has 118 valence electrons. The fourth-order valence-corrected chi connectivity index (χ4v) is 2.81. The molecule has 0 bridgehead atoms. The number of likely N-dealkylation sites (tertiary alicyclic amines) is 1. The van der Waals surface area contributed by atoms with Crippen LogP contribution in [0.15, 0.2) is 48.7 Å². The molecule has 6 heteroatoms. The second-order valence-corrected chi connectivity index (χ2v) is 5.89. The Morgan fingerprint density at radius 2 is 2.09 bits per heavy atom. The standard InChI is InChI=1S/C17H16ClN3O2/c18-15-8-13(6-7-19-15)17(23)20-14-9-16(22)21(11-14)10-12-4-2-1-3-5-12/h1-8,14H,9-11H2,(H,20,23)/t14-/m1/s1. The average molecular weight is 330 g/mol. The van der Waals surface area contributed by atoms with Crippen LogP contribution < -0.4 is 5.32 Å². The van der Waals surface area contributed by atoms with Crippen LogP contribution in [-0.2, 0) is 11.3 Å². The maximum absolute atomic E-state index is 12.2. The number of pyridine rings is 1. The van der Waals surface area contributed by atoms with Gasteiger partial charge in [0.05, 0.1) is 6.04 Å². The van der Waals surface area contributed by atoms with Gasteiger partial charge >= 0.3 is 0 Å². The van der Waals surface area contributed by atoms with Crippen LogP contribution in [0.3, 0.4) is 0 Å². The number of halogens is 1. The molecule has 2 heterocycles. The van der Waals surface area contributed by atoms with Gasteiger partial charge in [0.2, 0.25) is 5.91 Å². The van der Waals surface area contributed by atoms with Gasteiger partial charge in [0.25, 0.3) is 5.91 Å². The van der Waals surface area contributed by atoms with Crippen LogP contribution in [0.25, 0.3) is 0 Å². The zero-order chi connectivity index (χ0) is 16.2. The zero-order valence-corrected chi connectivity index (χ0v) is 13.2. The van der Waals surface area contributed by atoms with Crippen LogP contribution in [0.4, 0.5) is 0 Å². The summed E-state index contributed by atoms with van der Waals surface area (Å²) in [4.78, 5) is 29.9. The number of benzene rings is 1. The first-order valence-corrected chi connectivity index (χ1v) is 7.74. The summed E-state index contributed by atoms with van der Waals surface area (Å²) in [6.07, 6.45) is 1.80. The van der Waals surface area contributed by atoms with E-state index in [-0.39, 0.29) is 23.0 Å². The lowest BCUT2D eigenvalue weighted by Crippen LogP contribution is -2.37. The molecule has 1 atom stereocenters. The summed E-state index contributed by atoms with van der Waals surface area (Å²) >= 11 is 5.79. The number of amides is 2. The van der Waals surface area contributed by atoms with E-state index in [9.17, 15) is 9.59 Å². The third-order valence-electron chi connectivity index (χ3n) is 3.75. The van der Waals surface area contributed by atoms with Gasteiger partial charge in [-0.1, -0.05) is 41.9 Å². The Labute approximate surface area is 139 Å². The monoisotopic (exact) mass is 329 g/mol. The minimum atomic E-state index is -0.242. The summed E-state index contributed by atoms with van der Waals surface area (Å²) in [7, 11) is 0. The third kappa shape index (κ3) is 3.87. The normalized spacial score (nSPS) is 17.3. The minimum absolute atomic E-state index is 0.0481. The summed E-state index contributed by atoms with van der Waals surface area (Å²) in [6.45, 7) is 1.07. The summed E-state index contributed by atoms with van der Waals surface area (Å²) in [5.41, 5.74) is 1.52. The molecule has 5 nitrogen and oxygen atoms in total. The minimum Gasteiger partial charge on any atom is -0.347 e. The summed E-state index contributed by atoms with van der Waals surface area (Å²) in [5, 5.41) is 3.15. The lowest BCUT2D eigenvalue weighted by atomic mass is 10.2. The van der Waals surface area contributed by atoms with Gasteiger partial charge in [-0.3, -0.25) is 9.59 Å². The van der Waals surface area contributed by atoms with Crippen molar-refractivity contribution >= 4 is 23.4 Å². The van der Waals surface area contributed by atoms with E-state index in [4.69, 9.17) is 11.6 Å². The lowest BCUT2D eigenvalue weighted by molar-refractivity contribution is -0.128. The van der Waals surface area contributed by atoms with Crippen molar-refractivity contribution in [2.24, 2.45) is 0 Å². The van der Waals surface area contributed by atoms with Crippen LogP contribution in [-0.4, -0.2) is 34.3 Å². The van der Waals surface area contributed by atoms with Crippen LogP contribution in [0.1, 0.15) is 22.3 Å². The van der Waals surface area contributed by atoms with Crippen LogP contribution in [0, 0.1) is 0 Å². The maximum atomic E-state index is 12.2. The van der Waals surface area contributed by atoms with E-state index in [2.05, 4.69) is 10.3 Å². The number of rotatable bonds is 4. The molecule has 1 fully saturated rings. The summed E-state index contributed by atoms with van der Waals surface area (Å²) < 4.78 is 0. The molecular formula is C17H16ClN3O2. The van der Waals surface area contributed by atoms with Crippen molar-refractivity contribution in [1.29, 1.82) is 0 Å². The quantitative estimate of drug-likeness (QED) is 0.875. The fourth-order valence-electron chi connectivity index (χ4n) is 2.64. The molecule has 1 saturated heterocycles. The van der Waals surface area contributed by atoms with E-state index in [1.807, 2.05) is 30.3 Å². The van der Waals surface area contributed by atoms with Gasteiger partial charge in [0.1, 0.15) is 5.15 Å². The molecule has 1 aliphatic rings. The van der Waals surface area contributed by atoms with E-state index >= 15 is 0 Å². The fraction of sp³-hybridized carbons (Fsp3) is 0.235. The highest BCUT2D eigenvalue weighted by atomic mass is 35.5. The van der Waals surface area contributed by atoms with Crippen LogP contribution in [0.2, 0.25) is 5.15 Å². The number of aromatic nitrogens is 1. The molecule has 1 aromatic carbocycles. The first kappa shape index (κ1) is 15.5. The molecule has 0 spiro atoms. The number of hydrogen-bond acceptors (Lipinski definition) is 3. The van der Waals surface area contributed by atoms with Gasteiger partial charge in [0.15, 0.2) is 0 Å². The van der Waals surface area contributed by atoms with Crippen LogP contribution >= 0.6 is 11.6 Å². The van der Waals surface area contributed by atoms with Gasteiger partial charge in [-0.05, 0) is 17.7 Å². The predicted octanol–water partition coefficient (Wildman–Crippen LogP) is 2.27. The third-order valence-corrected chi connectivity index (χ3v) is 3.96. The van der Waals surface area contributed by atoms with Gasteiger partial charge < -0.3 is 10.2 Å². The molecule has 0 aliphatic carbocycles. The number of nitrogens with zero attached hydrogens (tertiary/aromatic N) is 2. The second kappa shape index (κ2) is 6.79. The zero-order valence-electron chi connectivity index (χ0n) is 12.4. The van der Waals surface area contributed by atoms with E-state index in [0.717, 1.165) is 5.56 Å². The Hall–Kier alpha value is -2.40. The number of carbonyl (C=O) groups excluding carboxylic acids is 2. The molecule has 0 unspecified atom stereocenters. The summed E-state index contributed by atoms with van der Waals surface area (Å²) in [6, 6.07) is 12.7. The second-order valence-electron chi connectivity index (χ2n) is 5.50. The smallest absolute Gasteiger partial charge is 0.251 e. The SMILES string of the molecule is O=C(N[C@@H]1CC(=O)N(Cc2ccccc2)C1)c1ccnc(Cl)c1. The predicted molar refractivity (Wildman–Crippen MR) is 87.0 cm³/mol. The van der Waals surface area contributed by atoms with E-state index in [1.165, 1.54) is 12.3 Å². The van der Waals surface area contributed by atoms with E-state index in [1.54, 1.807) is 11.0 Å². The molecule has 0 radical (unpaired) electrons. The Balaban J connectivity index is 1.60. The number of hydrogen-bond donors (Lipinski definition) is 1. The van der Waals surface area contributed by atoms with Gasteiger partial charge in [0, 0.05) is 31.3 Å². The van der Waals surface area contributed by atoms with E-state index in [0.29, 0.717) is 25.1 Å². The maximum Gasteiger partial charge on any atom is 0.251 e. The van der Waals surface area contributed by atoms with Crippen molar-refractivity contribution in [3.05, 3.63) is 64.9 Å². The highest BCUT2D eigenvalue weighted by Crippen LogP contribution is 2.16. The largest absolute Gasteiger partial charge is 0.347 e. The first-order valence-electron chi connectivity index (χ1n) is 7.36. The van der Waals surface area contributed by atoms with E-state index < -0.39 is 0 Å². The molecule has 3 rings (SSSR count). The Morgan fingerprint density at radius 1 is 1.30 bits per heavy atom. The molecule has 1 aliphatic heterocycles. The van der Waals surface area contributed by atoms with Crippen molar-refractivity contribution in [2.45, 2.75) is 19.0 Å². The van der Waals surface area contributed by atoms with Crippen molar-refractivity contribution < 1.29 is 9.59 Å². The average Bonchev–Trinajstić information content (AvgIpc) is 2.88. The first-order chi connectivity index (χ1) is 11.1. The molecule has 2 amide bonds. The molecule has 23 heavy (non-hydrogen) atoms. The Morgan fingerprint density at radius 3 is 2.83 bits per heavy atom. The molecular weight excluding hydrogens is 314 g/mol. The van der Waals surface area contributed by atoms with Gasteiger partial charge in [-0.15, -0.1) is 0 Å². The summed E-state index contributed by atoms with van der Waals surface area (Å²) in [5.74, 6) is -0.194. The lowest BCUT2D eigenvalue weighted by Gasteiger charge is -2.17. The highest BCUT2D eigenvalue weighted by molar-refractivity contribution is 6.29. The van der Waals surface area contributed by atoms with Crippen LogP contribution in [0.5, 0.6) is 0 Å². The van der Waals surface area contributed by atoms with Crippen molar-refractivity contribution in [1.82, 2.24) is 15.2 Å². The van der Waals surface area contributed by atoms with Crippen molar-refractivity contribution in [3.63, 3.8) is 0 Å². The van der Waals surface area contributed by atoms with Gasteiger partial charge in [-0.2, -0.15) is 0 Å². The molecule has 1 N–H and O–H groups in total. The van der Waals surface area contributed by atoms with Gasteiger partial charge in [-0.25, -0.2) is 4.98 Å². The highest BCUT2D eigenvalue weighted by Gasteiger charge is 2.30. The molecule has 0 saturated carbocycles. The molecule has 1 aromatic heterocycles. The number of nitrogens with one attached hydrogen (secondary N) is 1. The topological polar surface area (TPSA) is 62.3 Å².